The van der Waals surface area contributed by atoms with E-state index < -0.39 is 0 Å². The average Bonchev–Trinajstić information content (AvgIpc) is 3.19. The van der Waals surface area contributed by atoms with E-state index in [2.05, 4.69) is 29.4 Å². The molecule has 1 amide bonds. The van der Waals surface area contributed by atoms with E-state index in [1.54, 1.807) is 0 Å². The zero-order chi connectivity index (χ0) is 15.4. The highest BCUT2D eigenvalue weighted by Crippen LogP contribution is 2.39. The molecule has 118 valence electrons. The number of amides is 1. The Balaban J connectivity index is 1.73. The largest absolute Gasteiger partial charge is 0.353 e. The molecular formula is C14H25N5OS. The first-order chi connectivity index (χ1) is 9.97. The van der Waals surface area contributed by atoms with Crippen LogP contribution in [0, 0.1) is 5.92 Å². The van der Waals surface area contributed by atoms with Gasteiger partial charge in [-0.1, -0.05) is 25.6 Å². The maximum atomic E-state index is 11.9. The Kier molecular flexibility index (Phi) is 5.50. The van der Waals surface area contributed by atoms with E-state index in [-0.39, 0.29) is 11.9 Å². The Morgan fingerprint density at radius 3 is 2.71 bits per heavy atom. The number of carbonyl (C=O) groups is 1. The summed E-state index contributed by atoms with van der Waals surface area (Å²) in [5, 5.41) is 11.8. The highest BCUT2D eigenvalue weighted by molar-refractivity contribution is 7.99. The van der Waals surface area contributed by atoms with Gasteiger partial charge in [0.1, 0.15) is 0 Å². The molecule has 2 rings (SSSR count). The second-order valence-electron chi connectivity index (χ2n) is 6.21. The topological polar surface area (TPSA) is 85.8 Å². The van der Waals surface area contributed by atoms with Gasteiger partial charge in [0, 0.05) is 12.0 Å². The van der Waals surface area contributed by atoms with Crippen LogP contribution in [0.5, 0.6) is 0 Å². The summed E-state index contributed by atoms with van der Waals surface area (Å²) in [4.78, 5) is 11.9. The van der Waals surface area contributed by atoms with Crippen LogP contribution in [0.1, 0.15) is 58.2 Å². The molecule has 0 radical (unpaired) electrons. The normalized spacial score (nSPS) is 16.2. The summed E-state index contributed by atoms with van der Waals surface area (Å²) in [6.45, 7) is 6.42. The average molecular weight is 311 g/mol. The number of nitrogens with one attached hydrogen (secondary N) is 1. The summed E-state index contributed by atoms with van der Waals surface area (Å²) < 4.78 is 1.53. The highest BCUT2D eigenvalue weighted by atomic mass is 32.2. The Labute approximate surface area is 130 Å². The van der Waals surface area contributed by atoms with Crippen molar-refractivity contribution >= 4 is 17.7 Å². The summed E-state index contributed by atoms with van der Waals surface area (Å²) in [5.41, 5.74) is 0. The fraction of sp³-hybridized carbons (Fsp3) is 0.786. The molecule has 3 N–H and O–H groups in total. The van der Waals surface area contributed by atoms with Crippen LogP contribution in [0.15, 0.2) is 5.16 Å². The fourth-order valence-corrected chi connectivity index (χ4v) is 2.78. The van der Waals surface area contributed by atoms with Gasteiger partial charge in [-0.05, 0) is 38.5 Å². The van der Waals surface area contributed by atoms with Crippen LogP contribution in [0.2, 0.25) is 0 Å². The molecule has 0 spiro atoms. The molecule has 0 aromatic carbocycles. The Hall–Kier alpha value is -1.24. The molecule has 1 aliphatic rings. The second-order valence-corrected chi connectivity index (χ2v) is 7.16. The molecule has 0 unspecified atom stereocenters. The lowest BCUT2D eigenvalue weighted by Gasteiger charge is -2.14. The molecule has 1 atom stereocenters. The van der Waals surface area contributed by atoms with E-state index in [1.807, 2.05) is 6.92 Å². The van der Waals surface area contributed by atoms with Gasteiger partial charge in [0.15, 0.2) is 5.82 Å². The lowest BCUT2D eigenvalue weighted by molar-refractivity contribution is -0.119. The van der Waals surface area contributed by atoms with Gasteiger partial charge in [-0.25, -0.2) is 4.68 Å². The van der Waals surface area contributed by atoms with E-state index in [4.69, 9.17) is 5.84 Å². The molecular weight excluding hydrogens is 286 g/mol. The summed E-state index contributed by atoms with van der Waals surface area (Å²) in [5.74, 6) is 8.26. The number of rotatable bonds is 8. The van der Waals surface area contributed by atoms with Gasteiger partial charge in [-0.3, -0.25) is 4.79 Å². The zero-order valence-corrected chi connectivity index (χ0v) is 13.8. The van der Waals surface area contributed by atoms with Gasteiger partial charge in [0.25, 0.3) is 0 Å². The summed E-state index contributed by atoms with van der Waals surface area (Å²) >= 11 is 1.34. The third kappa shape index (κ3) is 4.91. The molecule has 1 aliphatic carbocycles. The third-order valence-electron chi connectivity index (χ3n) is 3.55. The molecule has 21 heavy (non-hydrogen) atoms. The molecule has 1 aromatic rings. The minimum absolute atomic E-state index is 0.0206. The lowest BCUT2D eigenvalue weighted by Crippen LogP contribution is -2.34. The maximum absolute atomic E-state index is 11.9. The molecule has 0 aliphatic heterocycles. The van der Waals surface area contributed by atoms with Crippen molar-refractivity contribution in [3.63, 3.8) is 0 Å². The van der Waals surface area contributed by atoms with Crippen molar-refractivity contribution in [3.8, 4) is 0 Å². The van der Waals surface area contributed by atoms with Crippen molar-refractivity contribution in [3.05, 3.63) is 5.82 Å². The molecule has 1 aromatic heterocycles. The number of thioether (sulfide) groups is 1. The monoisotopic (exact) mass is 311 g/mol. The van der Waals surface area contributed by atoms with Crippen LogP contribution in [-0.4, -0.2) is 32.6 Å². The van der Waals surface area contributed by atoms with E-state index >= 15 is 0 Å². The van der Waals surface area contributed by atoms with Crippen LogP contribution in [0.25, 0.3) is 0 Å². The van der Waals surface area contributed by atoms with Gasteiger partial charge in [-0.2, -0.15) is 0 Å². The van der Waals surface area contributed by atoms with Crippen molar-refractivity contribution in [2.75, 3.05) is 11.6 Å². The predicted octanol–water partition coefficient (Wildman–Crippen LogP) is 1.90. The second kappa shape index (κ2) is 7.15. The molecule has 1 saturated carbocycles. The van der Waals surface area contributed by atoms with Crippen molar-refractivity contribution in [2.45, 2.75) is 63.6 Å². The van der Waals surface area contributed by atoms with Crippen molar-refractivity contribution < 1.29 is 4.79 Å². The SMILES string of the molecule is CC(C)CC[C@H](C)NC(=O)CSc1nnc(C2CC2)n1N. The number of hydrogen-bond donors (Lipinski definition) is 2. The van der Waals surface area contributed by atoms with Crippen LogP contribution >= 0.6 is 11.8 Å². The summed E-state index contributed by atoms with van der Waals surface area (Å²) in [7, 11) is 0. The summed E-state index contributed by atoms with van der Waals surface area (Å²) in [6, 6.07) is 0.207. The van der Waals surface area contributed by atoms with Gasteiger partial charge >= 0.3 is 0 Å². The van der Waals surface area contributed by atoms with Gasteiger partial charge in [0.05, 0.1) is 5.75 Å². The maximum Gasteiger partial charge on any atom is 0.230 e. The molecule has 7 heteroatoms. The third-order valence-corrected chi connectivity index (χ3v) is 4.49. The Morgan fingerprint density at radius 2 is 2.10 bits per heavy atom. The van der Waals surface area contributed by atoms with E-state index in [1.165, 1.54) is 16.4 Å². The number of carbonyl (C=O) groups excluding carboxylic acids is 1. The molecule has 1 fully saturated rings. The molecule has 0 bridgehead atoms. The molecule has 1 heterocycles. The van der Waals surface area contributed by atoms with Crippen molar-refractivity contribution in [2.24, 2.45) is 5.92 Å². The quantitative estimate of drug-likeness (QED) is 0.566. The smallest absolute Gasteiger partial charge is 0.230 e. The number of hydrogen-bond acceptors (Lipinski definition) is 5. The number of nitrogens with two attached hydrogens (primary N) is 1. The highest BCUT2D eigenvalue weighted by Gasteiger charge is 2.30. The number of aromatic nitrogens is 3. The fourth-order valence-electron chi connectivity index (χ4n) is 2.11. The summed E-state index contributed by atoms with van der Waals surface area (Å²) in [6.07, 6.45) is 4.39. The van der Waals surface area contributed by atoms with Crippen LogP contribution in [0.3, 0.4) is 0 Å². The standard InChI is InChI=1S/C14H25N5OS/c1-9(2)4-5-10(3)16-12(20)8-21-14-18-17-13(19(14)15)11-6-7-11/h9-11H,4-8,15H2,1-3H3,(H,16,20)/t10-/m0/s1. The Morgan fingerprint density at radius 1 is 1.38 bits per heavy atom. The lowest BCUT2D eigenvalue weighted by atomic mass is 10.0. The first-order valence-corrected chi connectivity index (χ1v) is 8.58. The van der Waals surface area contributed by atoms with Crippen LogP contribution in [0.4, 0.5) is 0 Å². The molecule has 6 nitrogen and oxygen atoms in total. The minimum atomic E-state index is 0.0206. The first-order valence-electron chi connectivity index (χ1n) is 7.60. The zero-order valence-electron chi connectivity index (χ0n) is 13.0. The van der Waals surface area contributed by atoms with Crippen molar-refractivity contribution in [1.82, 2.24) is 20.2 Å². The predicted molar refractivity (Wildman–Crippen MR) is 84.5 cm³/mol. The van der Waals surface area contributed by atoms with Crippen molar-refractivity contribution in [1.29, 1.82) is 0 Å². The van der Waals surface area contributed by atoms with E-state index in [0.29, 0.717) is 22.7 Å². The van der Waals surface area contributed by atoms with Gasteiger partial charge in [0.2, 0.25) is 11.1 Å². The number of nitrogens with zero attached hydrogens (tertiary/aromatic N) is 3. The van der Waals surface area contributed by atoms with Crippen LogP contribution in [-0.2, 0) is 4.79 Å². The molecule has 0 saturated heterocycles. The minimum Gasteiger partial charge on any atom is -0.353 e. The Bertz CT molecular complexity index is 484. The van der Waals surface area contributed by atoms with Gasteiger partial charge in [-0.15, -0.1) is 10.2 Å². The number of nitrogen functional groups attached to an aromatic ring is 1. The van der Waals surface area contributed by atoms with Crippen LogP contribution < -0.4 is 11.2 Å². The first kappa shape index (κ1) is 16.1. The van der Waals surface area contributed by atoms with Gasteiger partial charge < -0.3 is 11.2 Å². The van der Waals surface area contributed by atoms with E-state index in [0.717, 1.165) is 31.5 Å². The van der Waals surface area contributed by atoms with E-state index in [9.17, 15) is 4.79 Å².